The van der Waals surface area contributed by atoms with Gasteiger partial charge in [-0.1, -0.05) is 28.9 Å². The Labute approximate surface area is 177 Å². The Hall–Kier alpha value is -2.25. The summed E-state index contributed by atoms with van der Waals surface area (Å²) in [6.45, 7) is 4.98. The maximum atomic E-state index is 11.9. The molecule has 2 N–H and O–H groups in total. The van der Waals surface area contributed by atoms with Crippen molar-refractivity contribution in [3.8, 4) is 11.5 Å². The van der Waals surface area contributed by atoms with Gasteiger partial charge in [-0.2, -0.15) is 4.99 Å². The van der Waals surface area contributed by atoms with Crippen LogP contribution in [0.4, 0.5) is 0 Å². The number of thioether (sulfide) groups is 1. The van der Waals surface area contributed by atoms with E-state index < -0.39 is 0 Å². The van der Waals surface area contributed by atoms with Crippen LogP contribution in [0.2, 0.25) is 0 Å². The summed E-state index contributed by atoms with van der Waals surface area (Å²) >= 11 is 4.61. The molecule has 1 aliphatic rings. The largest absolute Gasteiger partial charge is 0.490 e. The van der Waals surface area contributed by atoms with Gasteiger partial charge in [-0.25, -0.2) is 0 Å². The number of ether oxygens (including phenoxy) is 2. The van der Waals surface area contributed by atoms with Crippen LogP contribution < -0.4 is 15.2 Å². The van der Waals surface area contributed by atoms with Gasteiger partial charge in [0.05, 0.1) is 4.91 Å². The van der Waals surface area contributed by atoms with Crippen molar-refractivity contribution in [3.05, 3.63) is 62.5 Å². The maximum absolute atomic E-state index is 11.9. The quantitative estimate of drug-likeness (QED) is 0.478. The molecule has 28 heavy (non-hydrogen) atoms. The molecule has 0 saturated carbocycles. The summed E-state index contributed by atoms with van der Waals surface area (Å²) in [5, 5.41) is 0.256. The van der Waals surface area contributed by atoms with Crippen LogP contribution in [-0.4, -0.2) is 24.3 Å². The molecule has 2 aromatic rings. The molecule has 5 nitrogen and oxygen atoms in total. The molecular weight excluding hydrogens is 440 g/mol. The zero-order valence-electron chi connectivity index (χ0n) is 15.7. The van der Waals surface area contributed by atoms with Crippen molar-refractivity contribution in [2.75, 3.05) is 13.2 Å². The third-order valence-electron chi connectivity index (χ3n) is 4.02. The molecular formula is C21H21BrN2O3S. The van der Waals surface area contributed by atoms with Crippen LogP contribution in [0.3, 0.4) is 0 Å². The minimum atomic E-state index is -0.331. The van der Waals surface area contributed by atoms with Gasteiger partial charge in [-0.3, -0.25) is 4.79 Å². The Morgan fingerprint density at radius 3 is 2.68 bits per heavy atom. The van der Waals surface area contributed by atoms with Crippen molar-refractivity contribution < 1.29 is 14.3 Å². The summed E-state index contributed by atoms with van der Waals surface area (Å²) < 4.78 is 12.6. The number of benzene rings is 2. The molecule has 0 bridgehead atoms. The van der Waals surface area contributed by atoms with E-state index in [0.717, 1.165) is 34.0 Å². The molecule has 1 aliphatic heterocycles. The Balaban J connectivity index is 1.64. The number of aliphatic imine (C=N–C) groups is 1. The lowest BCUT2D eigenvalue weighted by Gasteiger charge is -2.12. The number of carbonyl (C=O) groups is 1. The first kappa shape index (κ1) is 20.5. The first-order valence-corrected chi connectivity index (χ1v) is 10.5. The van der Waals surface area contributed by atoms with Crippen molar-refractivity contribution in [2.24, 2.45) is 10.7 Å². The van der Waals surface area contributed by atoms with E-state index in [0.29, 0.717) is 23.9 Å². The van der Waals surface area contributed by atoms with Gasteiger partial charge >= 0.3 is 0 Å². The molecule has 146 valence electrons. The minimum Gasteiger partial charge on any atom is -0.490 e. The second-order valence-corrected chi connectivity index (χ2v) is 8.23. The topological polar surface area (TPSA) is 73.9 Å². The first-order chi connectivity index (χ1) is 13.4. The van der Waals surface area contributed by atoms with Gasteiger partial charge in [-0.15, -0.1) is 0 Å². The number of hydrogen-bond acceptors (Lipinski definition) is 5. The van der Waals surface area contributed by atoms with Crippen molar-refractivity contribution >= 4 is 44.8 Å². The molecule has 0 aromatic heterocycles. The van der Waals surface area contributed by atoms with Crippen LogP contribution in [-0.2, 0) is 11.2 Å². The lowest BCUT2D eigenvalue weighted by atomic mass is 10.1. The highest BCUT2D eigenvalue weighted by atomic mass is 79.9. The number of nitrogens with two attached hydrogens (primary N) is 1. The molecule has 0 spiro atoms. The van der Waals surface area contributed by atoms with E-state index in [9.17, 15) is 4.79 Å². The SMILES string of the molecule is CCc1cc(C)cc(OCCOc2ccc(Br)cc2/C=C2/SC(N)=NC2=O)c1. The summed E-state index contributed by atoms with van der Waals surface area (Å²) in [5.74, 6) is 1.18. The highest BCUT2D eigenvalue weighted by molar-refractivity contribution is 9.10. The average Bonchev–Trinajstić information content (AvgIpc) is 2.96. The van der Waals surface area contributed by atoms with E-state index >= 15 is 0 Å². The lowest BCUT2D eigenvalue weighted by molar-refractivity contribution is -0.113. The molecule has 0 atom stereocenters. The smallest absolute Gasteiger partial charge is 0.286 e. The maximum Gasteiger partial charge on any atom is 0.286 e. The number of amidine groups is 1. The predicted octanol–water partition coefficient (Wildman–Crippen LogP) is 4.71. The predicted molar refractivity (Wildman–Crippen MR) is 118 cm³/mol. The van der Waals surface area contributed by atoms with E-state index in [2.05, 4.69) is 46.9 Å². The Morgan fingerprint density at radius 2 is 1.96 bits per heavy atom. The molecule has 1 heterocycles. The highest BCUT2D eigenvalue weighted by Crippen LogP contribution is 2.31. The fraction of sp³-hybridized carbons (Fsp3) is 0.238. The number of amides is 1. The zero-order valence-corrected chi connectivity index (χ0v) is 18.1. The molecule has 3 rings (SSSR count). The first-order valence-electron chi connectivity index (χ1n) is 8.88. The van der Waals surface area contributed by atoms with Crippen LogP contribution in [0.15, 0.2) is 50.8 Å². The number of carbonyl (C=O) groups excluding carboxylic acids is 1. The van der Waals surface area contributed by atoms with Gasteiger partial charge in [0.1, 0.15) is 24.7 Å². The van der Waals surface area contributed by atoms with E-state index in [4.69, 9.17) is 15.2 Å². The standard InChI is InChI=1S/C21H21BrN2O3S/c1-3-14-8-13(2)9-17(10-14)26-6-7-27-18-5-4-16(22)11-15(18)12-19-20(25)24-21(23)28-19/h4-5,8-12H,3,6-7H2,1-2H3,(H2,23,24,25)/b19-12+. The molecule has 2 aromatic carbocycles. The van der Waals surface area contributed by atoms with Crippen LogP contribution in [0.1, 0.15) is 23.6 Å². The fourth-order valence-corrected chi connectivity index (χ4v) is 3.80. The molecule has 7 heteroatoms. The van der Waals surface area contributed by atoms with Crippen LogP contribution >= 0.6 is 27.7 Å². The van der Waals surface area contributed by atoms with E-state index in [-0.39, 0.29) is 11.1 Å². The second kappa shape index (κ2) is 9.30. The number of rotatable bonds is 7. The molecule has 0 radical (unpaired) electrons. The number of aryl methyl sites for hydroxylation is 2. The molecule has 0 unspecified atom stereocenters. The van der Waals surface area contributed by atoms with Crippen molar-refractivity contribution in [1.82, 2.24) is 0 Å². The summed E-state index contributed by atoms with van der Waals surface area (Å²) in [5.41, 5.74) is 8.82. The summed E-state index contributed by atoms with van der Waals surface area (Å²) in [4.78, 5) is 16.1. The van der Waals surface area contributed by atoms with Gasteiger partial charge in [0.2, 0.25) is 0 Å². The summed E-state index contributed by atoms with van der Waals surface area (Å²) in [6.07, 6.45) is 2.71. The van der Waals surface area contributed by atoms with Crippen molar-refractivity contribution in [3.63, 3.8) is 0 Å². The highest BCUT2D eigenvalue weighted by Gasteiger charge is 2.20. The van der Waals surface area contributed by atoms with Crippen LogP contribution in [0, 0.1) is 6.92 Å². The Bertz CT molecular complexity index is 957. The summed E-state index contributed by atoms with van der Waals surface area (Å²) in [7, 11) is 0. The number of hydrogen-bond donors (Lipinski definition) is 1. The van der Waals surface area contributed by atoms with Crippen LogP contribution in [0.25, 0.3) is 6.08 Å². The number of nitrogens with zero attached hydrogens (tertiary/aromatic N) is 1. The average molecular weight is 461 g/mol. The van der Waals surface area contributed by atoms with Gasteiger partial charge in [0.15, 0.2) is 5.17 Å². The monoisotopic (exact) mass is 460 g/mol. The minimum absolute atomic E-state index is 0.256. The van der Waals surface area contributed by atoms with Crippen molar-refractivity contribution in [2.45, 2.75) is 20.3 Å². The van der Waals surface area contributed by atoms with Crippen molar-refractivity contribution in [1.29, 1.82) is 0 Å². The third kappa shape index (κ3) is 5.39. The third-order valence-corrected chi connectivity index (χ3v) is 5.33. The molecule has 0 saturated heterocycles. The number of halogens is 1. The van der Waals surface area contributed by atoms with Gasteiger partial charge in [0, 0.05) is 10.0 Å². The Kier molecular flexibility index (Phi) is 6.80. The normalized spacial score (nSPS) is 15.0. The fourth-order valence-electron chi connectivity index (χ4n) is 2.75. The molecule has 0 aliphatic carbocycles. The zero-order chi connectivity index (χ0) is 20.1. The van der Waals surface area contributed by atoms with Gasteiger partial charge in [0.25, 0.3) is 5.91 Å². The van der Waals surface area contributed by atoms with E-state index in [1.807, 2.05) is 24.3 Å². The molecule has 1 amide bonds. The van der Waals surface area contributed by atoms with E-state index in [1.165, 1.54) is 11.1 Å². The van der Waals surface area contributed by atoms with E-state index in [1.54, 1.807) is 6.08 Å². The van der Waals surface area contributed by atoms with Gasteiger partial charge in [-0.05, 0) is 72.6 Å². The summed E-state index contributed by atoms with van der Waals surface area (Å²) in [6, 6.07) is 11.9. The molecule has 0 fully saturated rings. The lowest BCUT2D eigenvalue weighted by Crippen LogP contribution is -2.10. The van der Waals surface area contributed by atoms with Crippen LogP contribution in [0.5, 0.6) is 11.5 Å². The van der Waals surface area contributed by atoms with Gasteiger partial charge < -0.3 is 15.2 Å². The Morgan fingerprint density at radius 1 is 1.18 bits per heavy atom. The second-order valence-electron chi connectivity index (χ2n) is 6.25.